The third-order valence-electron chi connectivity index (χ3n) is 2.70. The van der Waals surface area contributed by atoms with Crippen LogP contribution in [0, 0.1) is 11.6 Å². The largest absolute Gasteiger partial charge is 0.467 e. The minimum Gasteiger partial charge on any atom is -0.467 e. The van der Waals surface area contributed by atoms with Crippen LogP contribution in [0.5, 0.6) is 0 Å². The van der Waals surface area contributed by atoms with Crippen molar-refractivity contribution in [2.45, 2.75) is 25.8 Å². The van der Waals surface area contributed by atoms with Crippen molar-refractivity contribution < 1.29 is 27.9 Å². The average Bonchev–Trinajstić information content (AvgIpc) is 2.40. The van der Waals surface area contributed by atoms with Crippen LogP contribution in [0.25, 0.3) is 0 Å². The third-order valence-corrected chi connectivity index (χ3v) is 2.70. The number of carbonyl (C=O) groups excluding carboxylic acids is 3. The summed E-state index contributed by atoms with van der Waals surface area (Å²) in [5, 5.41) is 2.29. The smallest absolute Gasteiger partial charge is 0.328 e. The topological polar surface area (TPSA) is 72.5 Å². The van der Waals surface area contributed by atoms with Gasteiger partial charge >= 0.3 is 5.97 Å². The van der Waals surface area contributed by atoms with Crippen LogP contribution in [-0.2, 0) is 14.3 Å². The first-order chi connectivity index (χ1) is 9.83. The van der Waals surface area contributed by atoms with Crippen molar-refractivity contribution in [2.24, 2.45) is 0 Å². The fraction of sp³-hybridized carbons (Fsp3) is 0.357. The van der Waals surface area contributed by atoms with Crippen molar-refractivity contribution in [3.05, 3.63) is 35.4 Å². The van der Waals surface area contributed by atoms with Gasteiger partial charge < -0.3 is 14.8 Å². The van der Waals surface area contributed by atoms with E-state index in [1.54, 1.807) is 0 Å². The monoisotopic (exact) mass is 299 g/mol. The van der Waals surface area contributed by atoms with Crippen LogP contribution in [-0.4, -0.2) is 30.8 Å². The van der Waals surface area contributed by atoms with Gasteiger partial charge in [-0.1, -0.05) is 0 Å². The van der Waals surface area contributed by atoms with Gasteiger partial charge in [-0.2, -0.15) is 0 Å². The Morgan fingerprint density at radius 1 is 1.19 bits per heavy atom. The zero-order valence-corrected chi connectivity index (χ0v) is 11.6. The molecule has 1 N–H and O–H groups in total. The van der Waals surface area contributed by atoms with Crippen molar-refractivity contribution in [2.75, 3.05) is 7.11 Å². The van der Waals surface area contributed by atoms with Crippen LogP contribution in [0.3, 0.4) is 0 Å². The first-order valence-electron chi connectivity index (χ1n) is 6.17. The first-order valence-corrected chi connectivity index (χ1v) is 6.17. The summed E-state index contributed by atoms with van der Waals surface area (Å²) in [6.45, 7) is 1.35. The fourth-order valence-electron chi connectivity index (χ4n) is 1.67. The van der Waals surface area contributed by atoms with E-state index in [1.807, 2.05) is 0 Å². The molecule has 1 amide bonds. The number of hydrogen-bond acceptors (Lipinski definition) is 4. The molecule has 0 aliphatic heterocycles. The second-order valence-corrected chi connectivity index (χ2v) is 4.45. The normalized spacial score (nSPS) is 11.6. The zero-order valence-electron chi connectivity index (χ0n) is 11.6. The Morgan fingerprint density at radius 2 is 1.76 bits per heavy atom. The summed E-state index contributed by atoms with van der Waals surface area (Å²) in [7, 11) is 1.14. The number of ether oxygens (including phenoxy) is 1. The van der Waals surface area contributed by atoms with Gasteiger partial charge in [-0.05, 0) is 25.5 Å². The highest BCUT2D eigenvalue weighted by Gasteiger charge is 2.23. The summed E-state index contributed by atoms with van der Waals surface area (Å²) in [5.41, 5.74) is -0.260. The van der Waals surface area contributed by atoms with Crippen molar-refractivity contribution in [3.8, 4) is 0 Å². The lowest BCUT2D eigenvalue weighted by atomic mass is 10.1. The molecular formula is C14H15F2NO4. The molecule has 0 fully saturated rings. The summed E-state index contributed by atoms with van der Waals surface area (Å²) < 4.78 is 30.6. The Hall–Kier alpha value is -2.31. The molecule has 0 bridgehead atoms. The maximum absolute atomic E-state index is 13.0. The lowest BCUT2D eigenvalue weighted by molar-refractivity contribution is -0.143. The van der Waals surface area contributed by atoms with Gasteiger partial charge in [-0.15, -0.1) is 0 Å². The second-order valence-electron chi connectivity index (χ2n) is 4.45. The Kier molecular flexibility index (Phi) is 5.95. The minimum atomic E-state index is -1.06. The van der Waals surface area contributed by atoms with Gasteiger partial charge in [0.1, 0.15) is 23.5 Å². The van der Waals surface area contributed by atoms with Gasteiger partial charge in [-0.3, -0.25) is 4.79 Å². The number of halogens is 2. The van der Waals surface area contributed by atoms with E-state index in [1.165, 1.54) is 6.92 Å². The number of hydrogen-bond donors (Lipinski definition) is 1. The van der Waals surface area contributed by atoms with E-state index in [4.69, 9.17) is 0 Å². The van der Waals surface area contributed by atoms with E-state index in [0.717, 1.165) is 19.2 Å². The Balaban J connectivity index is 2.83. The summed E-state index contributed by atoms with van der Waals surface area (Å²) in [4.78, 5) is 34.4. The first kappa shape index (κ1) is 16.7. The number of esters is 1. The molecule has 1 atom stereocenters. The maximum atomic E-state index is 13.0. The Labute approximate surface area is 120 Å². The van der Waals surface area contributed by atoms with Crippen molar-refractivity contribution in [1.82, 2.24) is 5.32 Å². The lowest BCUT2D eigenvalue weighted by Crippen LogP contribution is -2.41. The number of nitrogens with one attached hydrogen (secondary N) is 1. The lowest BCUT2D eigenvalue weighted by Gasteiger charge is -2.16. The highest BCUT2D eigenvalue weighted by atomic mass is 19.1. The van der Waals surface area contributed by atoms with Crippen LogP contribution in [0.4, 0.5) is 8.78 Å². The molecule has 0 radical (unpaired) electrons. The number of amides is 1. The quantitative estimate of drug-likeness (QED) is 0.810. The van der Waals surface area contributed by atoms with E-state index in [0.29, 0.717) is 6.07 Å². The highest BCUT2D eigenvalue weighted by Crippen LogP contribution is 2.09. The number of rotatable bonds is 6. The van der Waals surface area contributed by atoms with Crippen LogP contribution in [0.15, 0.2) is 18.2 Å². The van der Waals surface area contributed by atoms with E-state index >= 15 is 0 Å². The molecule has 1 aromatic rings. The number of benzene rings is 1. The molecule has 0 spiro atoms. The average molecular weight is 299 g/mol. The van der Waals surface area contributed by atoms with Gasteiger partial charge in [0.05, 0.1) is 7.11 Å². The molecule has 0 aromatic heterocycles. The van der Waals surface area contributed by atoms with Gasteiger partial charge in [0.25, 0.3) is 5.91 Å². The summed E-state index contributed by atoms with van der Waals surface area (Å²) >= 11 is 0. The third kappa shape index (κ3) is 5.29. The molecule has 21 heavy (non-hydrogen) atoms. The standard InChI is InChI=1S/C14H15F2NO4/c1-8(18)3-4-12(14(20)21-2)17-13(19)9-5-10(15)7-11(16)6-9/h5-7,12H,3-4H2,1-2H3,(H,17,19)/t12-/m0/s1. The summed E-state index contributed by atoms with van der Waals surface area (Å²) in [6, 6.07) is 1.26. The SMILES string of the molecule is COC(=O)[C@H](CCC(C)=O)NC(=O)c1cc(F)cc(F)c1. The van der Waals surface area contributed by atoms with Gasteiger partial charge in [0.2, 0.25) is 0 Å². The second kappa shape index (κ2) is 7.47. The van der Waals surface area contributed by atoms with E-state index in [9.17, 15) is 23.2 Å². The van der Waals surface area contributed by atoms with E-state index < -0.39 is 29.6 Å². The minimum absolute atomic E-state index is 0.0472. The summed E-state index contributed by atoms with van der Waals surface area (Å²) in [6.07, 6.45) is 0.114. The van der Waals surface area contributed by atoms with Gasteiger partial charge in [0.15, 0.2) is 0 Å². The molecule has 1 aromatic carbocycles. The van der Waals surface area contributed by atoms with E-state index in [2.05, 4.69) is 10.1 Å². The van der Waals surface area contributed by atoms with Crippen molar-refractivity contribution in [3.63, 3.8) is 0 Å². The molecule has 0 saturated heterocycles. The highest BCUT2D eigenvalue weighted by molar-refractivity contribution is 5.96. The number of ketones is 1. The van der Waals surface area contributed by atoms with Crippen molar-refractivity contribution >= 4 is 17.7 Å². The molecule has 0 aliphatic carbocycles. The summed E-state index contributed by atoms with van der Waals surface area (Å²) in [5.74, 6) is -3.53. The van der Waals surface area contributed by atoms with Crippen LogP contribution >= 0.6 is 0 Å². The maximum Gasteiger partial charge on any atom is 0.328 e. The fourth-order valence-corrected chi connectivity index (χ4v) is 1.67. The van der Waals surface area contributed by atoms with Crippen LogP contribution in [0.2, 0.25) is 0 Å². The molecular weight excluding hydrogens is 284 g/mol. The van der Waals surface area contributed by atoms with Crippen LogP contribution < -0.4 is 5.32 Å². The Morgan fingerprint density at radius 3 is 2.24 bits per heavy atom. The molecule has 7 heteroatoms. The molecule has 0 aliphatic rings. The van der Waals surface area contributed by atoms with Gasteiger partial charge in [0, 0.05) is 18.1 Å². The van der Waals surface area contributed by atoms with Crippen LogP contribution in [0.1, 0.15) is 30.1 Å². The van der Waals surface area contributed by atoms with E-state index in [-0.39, 0.29) is 24.2 Å². The number of Topliss-reactive ketones (excluding diaryl/α,β-unsaturated/α-hetero) is 1. The molecule has 0 heterocycles. The number of methoxy groups -OCH3 is 1. The molecule has 0 saturated carbocycles. The Bertz CT molecular complexity index is 540. The predicted octanol–water partition coefficient (Wildman–Crippen LogP) is 1.61. The molecule has 1 rings (SSSR count). The number of carbonyl (C=O) groups is 3. The van der Waals surface area contributed by atoms with Crippen molar-refractivity contribution in [1.29, 1.82) is 0 Å². The molecule has 114 valence electrons. The molecule has 0 unspecified atom stereocenters. The predicted molar refractivity (Wildman–Crippen MR) is 69.5 cm³/mol. The zero-order chi connectivity index (χ0) is 16.0. The van der Waals surface area contributed by atoms with Gasteiger partial charge in [-0.25, -0.2) is 13.6 Å². The molecule has 5 nitrogen and oxygen atoms in total.